The summed E-state index contributed by atoms with van der Waals surface area (Å²) in [6, 6.07) is 6.00. The number of fused-ring (bicyclic) bond motifs is 1. The number of anilines is 1. The summed E-state index contributed by atoms with van der Waals surface area (Å²) in [5, 5.41) is 0. The number of aryl methyl sites for hydroxylation is 1. The van der Waals surface area contributed by atoms with Gasteiger partial charge in [-0.1, -0.05) is 0 Å². The van der Waals surface area contributed by atoms with Gasteiger partial charge in [0.2, 0.25) is 0 Å². The third-order valence-electron chi connectivity index (χ3n) is 6.33. The van der Waals surface area contributed by atoms with Gasteiger partial charge in [-0.05, 0) is 36.8 Å². The maximum atomic E-state index is 15.5. The SMILES string of the molecule is COC(=O)N1CCO[C@@H](Cc2c(-c3c(F)cc(N4CCOC4=C=O)cc3F)nc3cc(C)ccn23)C1. The summed E-state index contributed by atoms with van der Waals surface area (Å²) >= 11 is 0. The van der Waals surface area contributed by atoms with Crippen molar-refractivity contribution in [1.29, 1.82) is 0 Å². The smallest absolute Gasteiger partial charge is 0.409 e. The molecule has 2 fully saturated rings. The van der Waals surface area contributed by atoms with Crippen molar-refractivity contribution in [1.82, 2.24) is 14.3 Å². The van der Waals surface area contributed by atoms with Crippen LogP contribution in [-0.4, -0.2) is 72.4 Å². The predicted octanol–water partition coefficient (Wildman–Crippen LogP) is 3.11. The minimum absolute atomic E-state index is 0.116. The van der Waals surface area contributed by atoms with Gasteiger partial charge in [0.1, 0.15) is 23.9 Å². The van der Waals surface area contributed by atoms with Crippen LogP contribution in [0.1, 0.15) is 11.3 Å². The van der Waals surface area contributed by atoms with Crippen LogP contribution in [0.25, 0.3) is 16.9 Å². The van der Waals surface area contributed by atoms with Crippen LogP contribution in [0.15, 0.2) is 36.3 Å². The van der Waals surface area contributed by atoms with Crippen molar-refractivity contribution in [3.63, 3.8) is 0 Å². The van der Waals surface area contributed by atoms with E-state index in [4.69, 9.17) is 14.2 Å². The first-order valence-corrected chi connectivity index (χ1v) is 11.5. The van der Waals surface area contributed by atoms with Crippen molar-refractivity contribution in [2.24, 2.45) is 0 Å². The number of rotatable bonds is 4. The number of benzene rings is 1. The Kier molecular flexibility index (Phi) is 6.34. The monoisotopic (exact) mass is 498 g/mol. The summed E-state index contributed by atoms with van der Waals surface area (Å²) in [6.07, 6.45) is 1.17. The maximum Gasteiger partial charge on any atom is 0.409 e. The number of hydrogen-bond donors (Lipinski definition) is 0. The van der Waals surface area contributed by atoms with E-state index in [1.807, 2.05) is 19.1 Å². The number of pyridine rings is 1. The molecule has 11 heteroatoms. The van der Waals surface area contributed by atoms with Gasteiger partial charge in [0, 0.05) is 19.2 Å². The largest absolute Gasteiger partial charge is 0.469 e. The van der Waals surface area contributed by atoms with Gasteiger partial charge in [-0.15, -0.1) is 0 Å². The van der Waals surface area contributed by atoms with Crippen LogP contribution in [0.2, 0.25) is 0 Å². The highest BCUT2D eigenvalue weighted by molar-refractivity contribution is 5.72. The molecule has 2 saturated heterocycles. The van der Waals surface area contributed by atoms with Gasteiger partial charge < -0.3 is 23.5 Å². The number of amides is 1. The van der Waals surface area contributed by atoms with Gasteiger partial charge in [-0.2, -0.15) is 0 Å². The third-order valence-corrected chi connectivity index (χ3v) is 6.33. The quantitative estimate of drug-likeness (QED) is 0.511. The van der Waals surface area contributed by atoms with Gasteiger partial charge in [0.25, 0.3) is 5.88 Å². The van der Waals surface area contributed by atoms with Crippen molar-refractivity contribution in [2.45, 2.75) is 19.4 Å². The van der Waals surface area contributed by atoms with Gasteiger partial charge >= 0.3 is 6.09 Å². The molecule has 0 unspecified atom stereocenters. The summed E-state index contributed by atoms with van der Waals surface area (Å²) < 4.78 is 48.6. The lowest BCUT2D eigenvalue weighted by atomic mass is 10.0. The first kappa shape index (κ1) is 23.8. The molecule has 1 amide bonds. The Morgan fingerprint density at radius 3 is 2.72 bits per heavy atom. The minimum atomic E-state index is -0.829. The zero-order valence-electron chi connectivity index (χ0n) is 19.8. The van der Waals surface area contributed by atoms with Gasteiger partial charge in [0.15, 0.2) is 5.94 Å². The zero-order chi connectivity index (χ0) is 25.4. The molecule has 0 saturated carbocycles. The van der Waals surface area contributed by atoms with Gasteiger partial charge in [-0.25, -0.2) is 23.4 Å². The fourth-order valence-electron chi connectivity index (χ4n) is 4.63. The summed E-state index contributed by atoms with van der Waals surface area (Å²) in [7, 11) is 1.31. The Hall–Kier alpha value is -3.95. The molecule has 4 heterocycles. The molecule has 0 radical (unpaired) electrons. The number of aromatic nitrogens is 2. The molecule has 1 aromatic carbocycles. The van der Waals surface area contributed by atoms with E-state index < -0.39 is 23.8 Å². The highest BCUT2D eigenvalue weighted by Crippen LogP contribution is 2.35. The lowest BCUT2D eigenvalue weighted by Gasteiger charge is -2.32. The Morgan fingerprint density at radius 2 is 2.00 bits per heavy atom. The number of methoxy groups -OCH3 is 1. The molecule has 0 bridgehead atoms. The number of halogens is 2. The second-order valence-corrected chi connectivity index (χ2v) is 8.64. The summed E-state index contributed by atoms with van der Waals surface area (Å²) in [4.78, 5) is 30.6. The van der Waals surface area contributed by atoms with Crippen LogP contribution in [0.5, 0.6) is 0 Å². The molecule has 36 heavy (non-hydrogen) atoms. The van der Waals surface area contributed by atoms with Crippen molar-refractivity contribution >= 4 is 23.4 Å². The predicted molar refractivity (Wildman–Crippen MR) is 125 cm³/mol. The number of carbonyl (C=O) groups excluding carboxylic acids is 2. The molecule has 2 aliphatic heterocycles. The van der Waals surface area contributed by atoms with Crippen molar-refractivity contribution in [2.75, 3.05) is 44.9 Å². The molecule has 0 N–H and O–H groups in total. The summed E-state index contributed by atoms with van der Waals surface area (Å²) in [6.45, 7) is 3.37. The molecule has 0 aliphatic carbocycles. The van der Waals surface area contributed by atoms with E-state index in [0.29, 0.717) is 24.5 Å². The van der Waals surface area contributed by atoms with Crippen LogP contribution >= 0.6 is 0 Å². The molecule has 2 aliphatic rings. The third kappa shape index (κ3) is 4.27. The molecule has 2 aromatic heterocycles. The molecule has 5 rings (SSSR count). The first-order chi connectivity index (χ1) is 17.4. The van der Waals surface area contributed by atoms with Crippen molar-refractivity contribution in [3.05, 3.63) is 59.2 Å². The Morgan fingerprint density at radius 1 is 1.22 bits per heavy atom. The fraction of sp³-hybridized carbons (Fsp3) is 0.360. The number of ether oxygens (including phenoxy) is 3. The molecule has 0 spiro atoms. The zero-order valence-corrected chi connectivity index (χ0v) is 19.8. The van der Waals surface area contributed by atoms with Crippen LogP contribution in [0, 0.1) is 18.6 Å². The summed E-state index contributed by atoms with van der Waals surface area (Å²) in [5.74, 6) is -0.124. The number of carbonyl (C=O) groups is 1. The van der Waals surface area contributed by atoms with E-state index in [-0.39, 0.29) is 48.9 Å². The van der Waals surface area contributed by atoms with E-state index in [1.54, 1.807) is 16.5 Å². The summed E-state index contributed by atoms with van der Waals surface area (Å²) in [5.41, 5.74) is 2.02. The Bertz CT molecular complexity index is 1360. The highest BCUT2D eigenvalue weighted by Gasteiger charge is 2.30. The van der Waals surface area contributed by atoms with Crippen LogP contribution in [-0.2, 0) is 25.4 Å². The Labute approximate surface area is 205 Å². The molecular weight excluding hydrogens is 474 g/mol. The second kappa shape index (κ2) is 9.60. The lowest BCUT2D eigenvalue weighted by molar-refractivity contribution is -0.0241. The van der Waals surface area contributed by atoms with Crippen molar-refractivity contribution < 1.29 is 32.6 Å². The van der Waals surface area contributed by atoms with Crippen LogP contribution in [0.3, 0.4) is 0 Å². The van der Waals surface area contributed by atoms with E-state index in [0.717, 1.165) is 17.7 Å². The first-order valence-electron chi connectivity index (χ1n) is 11.5. The van der Waals surface area contributed by atoms with Crippen LogP contribution in [0.4, 0.5) is 19.3 Å². The highest BCUT2D eigenvalue weighted by atomic mass is 19.1. The number of morpholine rings is 1. The average Bonchev–Trinajstić information content (AvgIpc) is 3.48. The van der Waals surface area contributed by atoms with E-state index in [9.17, 15) is 9.59 Å². The lowest BCUT2D eigenvalue weighted by Crippen LogP contribution is -2.46. The number of imidazole rings is 1. The van der Waals surface area contributed by atoms with Crippen molar-refractivity contribution in [3.8, 4) is 11.3 Å². The topological polar surface area (TPSA) is 85.6 Å². The number of hydrogen-bond acceptors (Lipinski definition) is 7. The Balaban J connectivity index is 1.57. The van der Waals surface area contributed by atoms with Crippen LogP contribution < -0.4 is 4.90 Å². The van der Waals surface area contributed by atoms with Gasteiger partial charge in [0.05, 0.1) is 55.5 Å². The maximum absolute atomic E-state index is 15.5. The normalized spacial score (nSPS) is 17.9. The molecule has 9 nitrogen and oxygen atoms in total. The van der Waals surface area contributed by atoms with E-state index in [2.05, 4.69) is 4.98 Å². The van der Waals surface area contributed by atoms with E-state index in [1.165, 1.54) is 16.9 Å². The second-order valence-electron chi connectivity index (χ2n) is 8.64. The minimum Gasteiger partial charge on any atom is -0.469 e. The van der Waals surface area contributed by atoms with E-state index >= 15 is 8.78 Å². The molecule has 3 aromatic rings. The van der Waals surface area contributed by atoms with Gasteiger partial charge in [-0.3, -0.25) is 4.90 Å². The molecule has 1 atom stereocenters. The molecular formula is C25H24F2N4O5. The molecule has 188 valence electrons. The fourth-order valence-corrected chi connectivity index (χ4v) is 4.63. The standard InChI is InChI=1S/C25H24F2N4O5/c1-15-3-4-31-20(12-17-13-29(5-7-35-17)25(33)34-2)24(28-21(31)9-15)23-18(26)10-16(11-19(23)27)30-6-8-36-22(30)14-32/h3-4,9-11,17H,5-8,12-13H2,1-2H3/t17-/m0/s1. The number of nitrogens with zero attached hydrogens (tertiary/aromatic N) is 4. The average molecular weight is 498 g/mol.